The Morgan fingerprint density at radius 3 is 2.22 bits per heavy atom. The summed E-state index contributed by atoms with van der Waals surface area (Å²) in [6.07, 6.45) is 0. The fraction of sp³-hybridized carbons (Fsp3) is 0.118. The molecule has 0 saturated heterocycles. The second kappa shape index (κ2) is 5.64. The first-order valence-electron chi connectivity index (χ1n) is 6.85. The van der Waals surface area contributed by atoms with E-state index in [2.05, 4.69) is 0 Å². The van der Waals surface area contributed by atoms with Crippen LogP contribution in [0.15, 0.2) is 42.5 Å². The monoisotopic (exact) mass is 313 g/mol. The van der Waals surface area contributed by atoms with Crippen LogP contribution in [0.3, 0.4) is 0 Å². The van der Waals surface area contributed by atoms with Crippen LogP contribution in [0.4, 0.5) is 4.39 Å². The van der Waals surface area contributed by atoms with E-state index in [1.165, 1.54) is 31.4 Å². The first-order chi connectivity index (χ1) is 11.0. The fourth-order valence-electron chi connectivity index (χ4n) is 2.46. The number of halogens is 1. The number of methoxy groups -OCH3 is 1. The van der Waals surface area contributed by atoms with Crippen molar-refractivity contribution in [3.8, 4) is 5.75 Å². The summed E-state index contributed by atoms with van der Waals surface area (Å²) in [6.45, 7) is -0.432. The third kappa shape index (κ3) is 2.48. The van der Waals surface area contributed by atoms with Crippen LogP contribution in [0.5, 0.6) is 5.75 Å². The number of carbonyl (C=O) groups excluding carboxylic acids is 3. The molecule has 1 aliphatic rings. The number of nitrogens with zero attached hydrogens (tertiary/aromatic N) is 1. The summed E-state index contributed by atoms with van der Waals surface area (Å²) in [5.41, 5.74) is 0.609. The molecule has 0 spiro atoms. The molecular formula is C17H12FNO4. The zero-order chi connectivity index (χ0) is 16.6. The van der Waals surface area contributed by atoms with Crippen LogP contribution in [0.25, 0.3) is 0 Å². The summed E-state index contributed by atoms with van der Waals surface area (Å²) in [4.78, 5) is 37.5. The highest BCUT2D eigenvalue weighted by molar-refractivity contribution is 6.23. The number of ketones is 1. The number of imide groups is 1. The van der Waals surface area contributed by atoms with Crippen LogP contribution in [0, 0.1) is 5.82 Å². The van der Waals surface area contributed by atoms with Crippen LogP contribution < -0.4 is 4.74 Å². The van der Waals surface area contributed by atoms with Gasteiger partial charge in [0.05, 0.1) is 24.8 Å². The molecule has 23 heavy (non-hydrogen) atoms. The molecule has 1 aliphatic heterocycles. The van der Waals surface area contributed by atoms with Gasteiger partial charge in [0.25, 0.3) is 11.8 Å². The maximum atomic E-state index is 13.7. The molecule has 0 aliphatic carbocycles. The molecule has 0 N–H and O–H groups in total. The smallest absolute Gasteiger partial charge is 0.261 e. The first-order valence-corrected chi connectivity index (χ1v) is 6.85. The number of ether oxygens (including phenoxy) is 1. The van der Waals surface area contributed by atoms with Gasteiger partial charge in [-0.25, -0.2) is 4.39 Å². The lowest BCUT2D eigenvalue weighted by molar-refractivity contribution is 0.0624. The Balaban J connectivity index is 1.83. The van der Waals surface area contributed by atoms with Crippen molar-refractivity contribution in [3.63, 3.8) is 0 Å². The van der Waals surface area contributed by atoms with E-state index in [4.69, 9.17) is 4.74 Å². The average molecular weight is 313 g/mol. The van der Waals surface area contributed by atoms with Crippen LogP contribution in [0.1, 0.15) is 31.1 Å². The molecule has 0 fully saturated rings. The second-order valence-electron chi connectivity index (χ2n) is 5.01. The summed E-state index contributed by atoms with van der Waals surface area (Å²) >= 11 is 0. The van der Waals surface area contributed by atoms with Gasteiger partial charge in [-0.15, -0.1) is 0 Å². The quantitative estimate of drug-likeness (QED) is 0.642. The molecule has 0 unspecified atom stereocenters. The summed E-state index contributed by atoms with van der Waals surface area (Å²) in [7, 11) is 1.32. The van der Waals surface area contributed by atoms with E-state index in [1.807, 2.05) is 0 Å². The van der Waals surface area contributed by atoms with E-state index in [9.17, 15) is 18.8 Å². The van der Waals surface area contributed by atoms with Gasteiger partial charge in [-0.1, -0.05) is 12.1 Å². The third-order valence-corrected chi connectivity index (χ3v) is 3.65. The lowest BCUT2D eigenvalue weighted by Gasteiger charge is -2.13. The van der Waals surface area contributed by atoms with E-state index in [0.717, 1.165) is 11.0 Å². The van der Waals surface area contributed by atoms with Gasteiger partial charge in [0, 0.05) is 5.56 Å². The lowest BCUT2D eigenvalue weighted by Crippen LogP contribution is -2.34. The predicted molar refractivity (Wildman–Crippen MR) is 79.1 cm³/mol. The minimum absolute atomic E-state index is 0.0160. The highest BCUT2D eigenvalue weighted by atomic mass is 19.1. The van der Waals surface area contributed by atoms with E-state index in [0.29, 0.717) is 0 Å². The van der Waals surface area contributed by atoms with Crippen molar-refractivity contribution < 1.29 is 23.5 Å². The Morgan fingerprint density at radius 2 is 1.70 bits per heavy atom. The maximum Gasteiger partial charge on any atom is 0.261 e. The van der Waals surface area contributed by atoms with Crippen molar-refractivity contribution in [1.82, 2.24) is 4.90 Å². The predicted octanol–water partition coefficient (Wildman–Crippen LogP) is 2.31. The Hall–Kier alpha value is -3.02. The van der Waals surface area contributed by atoms with Gasteiger partial charge in [-0.3, -0.25) is 19.3 Å². The van der Waals surface area contributed by atoms with Crippen LogP contribution in [-0.4, -0.2) is 36.2 Å². The number of fused-ring (bicyclic) bond motifs is 1. The first kappa shape index (κ1) is 14.9. The molecule has 116 valence electrons. The largest absolute Gasteiger partial charge is 0.494 e. The fourth-order valence-corrected chi connectivity index (χ4v) is 2.46. The van der Waals surface area contributed by atoms with Gasteiger partial charge in [-0.2, -0.15) is 0 Å². The normalized spacial score (nSPS) is 13.2. The van der Waals surface area contributed by atoms with E-state index >= 15 is 0 Å². The maximum absolute atomic E-state index is 13.7. The summed E-state index contributed by atoms with van der Waals surface area (Å²) in [6, 6.07) is 10.1. The number of Topliss-reactive ketones (excluding diaryl/α,β-unsaturated/α-hetero) is 1. The van der Waals surface area contributed by atoms with Crippen molar-refractivity contribution in [2.75, 3.05) is 13.7 Å². The number of benzene rings is 2. The third-order valence-electron chi connectivity index (χ3n) is 3.65. The van der Waals surface area contributed by atoms with E-state index in [1.54, 1.807) is 12.1 Å². The number of carbonyl (C=O) groups is 3. The van der Waals surface area contributed by atoms with Gasteiger partial charge >= 0.3 is 0 Å². The van der Waals surface area contributed by atoms with Crippen molar-refractivity contribution in [1.29, 1.82) is 0 Å². The molecule has 3 rings (SSSR count). The second-order valence-corrected chi connectivity index (χ2v) is 5.01. The van der Waals surface area contributed by atoms with Crippen molar-refractivity contribution in [3.05, 3.63) is 65.0 Å². The molecule has 6 heteroatoms. The average Bonchev–Trinajstić information content (AvgIpc) is 2.80. The van der Waals surface area contributed by atoms with Gasteiger partial charge in [0.15, 0.2) is 17.3 Å². The molecule has 2 aromatic rings. The van der Waals surface area contributed by atoms with E-state index < -0.39 is 30.0 Å². The highest BCUT2D eigenvalue weighted by Gasteiger charge is 2.36. The summed E-state index contributed by atoms with van der Waals surface area (Å²) in [5.74, 6) is -2.23. The Bertz CT molecular complexity index is 796. The van der Waals surface area contributed by atoms with Crippen molar-refractivity contribution in [2.24, 2.45) is 0 Å². The molecule has 2 aromatic carbocycles. The van der Waals surface area contributed by atoms with Crippen LogP contribution >= 0.6 is 0 Å². The van der Waals surface area contributed by atoms with Crippen molar-refractivity contribution in [2.45, 2.75) is 0 Å². The van der Waals surface area contributed by atoms with E-state index in [-0.39, 0.29) is 22.4 Å². The van der Waals surface area contributed by atoms with Crippen LogP contribution in [-0.2, 0) is 0 Å². The molecular weight excluding hydrogens is 301 g/mol. The number of hydrogen-bond acceptors (Lipinski definition) is 4. The highest BCUT2D eigenvalue weighted by Crippen LogP contribution is 2.23. The number of rotatable bonds is 4. The van der Waals surface area contributed by atoms with Crippen LogP contribution in [0.2, 0.25) is 0 Å². The molecule has 0 radical (unpaired) electrons. The Kier molecular flexibility index (Phi) is 3.65. The van der Waals surface area contributed by atoms with Gasteiger partial charge in [-0.05, 0) is 30.3 Å². The molecule has 5 nitrogen and oxygen atoms in total. The Labute approximate surface area is 131 Å². The Morgan fingerprint density at radius 1 is 1.09 bits per heavy atom. The summed E-state index contributed by atoms with van der Waals surface area (Å²) < 4.78 is 18.5. The zero-order valence-electron chi connectivity index (χ0n) is 12.2. The molecule has 0 saturated carbocycles. The standard InChI is InChI=1S/C17H12FNO4/c1-23-15-7-6-10(8-13(15)18)14(20)9-19-16(21)11-4-2-3-5-12(11)17(19)22/h2-8H,9H2,1H3. The zero-order valence-corrected chi connectivity index (χ0v) is 12.2. The molecule has 0 atom stereocenters. The number of amides is 2. The molecule has 0 aromatic heterocycles. The van der Waals surface area contributed by atoms with Crippen molar-refractivity contribution >= 4 is 17.6 Å². The topological polar surface area (TPSA) is 63.7 Å². The minimum Gasteiger partial charge on any atom is -0.494 e. The van der Waals surface area contributed by atoms with Gasteiger partial charge < -0.3 is 4.74 Å². The van der Waals surface area contributed by atoms with Gasteiger partial charge in [0.2, 0.25) is 0 Å². The lowest BCUT2D eigenvalue weighted by atomic mass is 10.1. The summed E-state index contributed by atoms with van der Waals surface area (Å²) in [5, 5.41) is 0. The van der Waals surface area contributed by atoms with Gasteiger partial charge in [0.1, 0.15) is 0 Å². The molecule has 0 bridgehead atoms. The SMILES string of the molecule is COc1ccc(C(=O)CN2C(=O)c3ccccc3C2=O)cc1F. The number of hydrogen-bond donors (Lipinski definition) is 0. The molecule has 1 heterocycles. The molecule has 2 amide bonds. The minimum atomic E-state index is -0.680.